The number of carbonyl (C=O) groups excluding carboxylic acids is 2. The highest BCUT2D eigenvalue weighted by molar-refractivity contribution is 6.31. The van der Waals surface area contributed by atoms with E-state index in [1.165, 1.54) is 43.5 Å². The molecule has 0 bridgehead atoms. The molecule has 8 heteroatoms. The Morgan fingerprint density at radius 2 is 1.65 bits per heavy atom. The van der Waals surface area contributed by atoms with E-state index in [2.05, 4.69) is 10.3 Å². The van der Waals surface area contributed by atoms with Gasteiger partial charge in [-0.25, -0.2) is 14.2 Å². The number of aromatic nitrogens is 1. The van der Waals surface area contributed by atoms with Gasteiger partial charge in [-0.2, -0.15) is 0 Å². The number of nitrogens with one attached hydrogen (secondary N) is 1. The predicted molar refractivity (Wildman–Crippen MR) is 119 cm³/mol. The van der Waals surface area contributed by atoms with Crippen molar-refractivity contribution in [3.63, 3.8) is 0 Å². The first-order valence-electron chi connectivity index (χ1n) is 9.18. The molecule has 1 atom stereocenters. The molecule has 0 aliphatic heterocycles. The van der Waals surface area contributed by atoms with Crippen molar-refractivity contribution in [2.45, 2.75) is 13.0 Å². The van der Waals surface area contributed by atoms with Crippen LogP contribution in [0.1, 0.15) is 18.1 Å². The van der Waals surface area contributed by atoms with Crippen LogP contribution >= 0.6 is 23.2 Å². The summed E-state index contributed by atoms with van der Waals surface area (Å²) in [6.45, 7) is 1.44. The summed E-state index contributed by atoms with van der Waals surface area (Å²) in [5.41, 5.74) is 1.28. The summed E-state index contributed by atoms with van der Waals surface area (Å²) < 4.78 is 18.7. The van der Waals surface area contributed by atoms with Crippen LogP contribution in [0.2, 0.25) is 10.0 Å². The third-order valence-corrected chi connectivity index (χ3v) is 4.66. The average molecular weight is 459 g/mol. The molecule has 0 fully saturated rings. The molecule has 158 valence electrons. The van der Waals surface area contributed by atoms with Gasteiger partial charge in [-0.05, 0) is 60.5 Å². The zero-order valence-corrected chi connectivity index (χ0v) is 17.8. The highest BCUT2D eigenvalue weighted by atomic mass is 35.5. The van der Waals surface area contributed by atoms with Crippen molar-refractivity contribution in [3.8, 4) is 0 Å². The van der Waals surface area contributed by atoms with Crippen molar-refractivity contribution < 1.29 is 18.7 Å². The van der Waals surface area contributed by atoms with E-state index < -0.39 is 23.8 Å². The fourth-order valence-corrected chi connectivity index (χ4v) is 2.81. The molecule has 0 saturated heterocycles. The molecule has 3 rings (SSSR count). The number of hydrogen-bond acceptors (Lipinski definition) is 4. The number of carbonyl (C=O) groups is 2. The summed E-state index contributed by atoms with van der Waals surface area (Å²) in [4.78, 5) is 29.2. The largest absolute Gasteiger partial charge is 0.449 e. The molecule has 1 N–H and O–H groups in total. The lowest BCUT2D eigenvalue weighted by atomic mass is 10.0. The van der Waals surface area contributed by atoms with Crippen molar-refractivity contribution in [3.05, 3.63) is 93.8 Å². The van der Waals surface area contributed by atoms with Crippen LogP contribution in [0.3, 0.4) is 0 Å². The molecule has 31 heavy (non-hydrogen) atoms. The fourth-order valence-electron chi connectivity index (χ4n) is 2.57. The maximum atomic E-state index is 13.4. The number of anilines is 1. The molecule has 3 aromatic rings. The molecular formula is C23H17Cl2FN2O3. The summed E-state index contributed by atoms with van der Waals surface area (Å²) in [5, 5.41) is 3.52. The van der Waals surface area contributed by atoms with Gasteiger partial charge in [0.1, 0.15) is 11.6 Å². The van der Waals surface area contributed by atoms with Gasteiger partial charge in [0.15, 0.2) is 6.10 Å². The quantitative estimate of drug-likeness (QED) is 0.294. The first-order chi connectivity index (χ1) is 14.8. The fraction of sp³-hybridized carbons (Fsp3) is 0.0870. The molecule has 0 saturated carbocycles. The number of pyridine rings is 1. The third kappa shape index (κ3) is 6.38. The molecule has 2 aromatic carbocycles. The normalized spacial score (nSPS) is 12.2. The van der Waals surface area contributed by atoms with Crippen LogP contribution in [0.25, 0.3) is 11.6 Å². The van der Waals surface area contributed by atoms with Crippen molar-refractivity contribution >= 4 is 52.5 Å². The van der Waals surface area contributed by atoms with Crippen LogP contribution in [-0.2, 0) is 14.3 Å². The number of hydrogen-bond donors (Lipinski definition) is 1. The number of rotatable bonds is 6. The van der Waals surface area contributed by atoms with Crippen molar-refractivity contribution in [2.24, 2.45) is 0 Å². The molecule has 0 unspecified atom stereocenters. The second-order valence-corrected chi connectivity index (χ2v) is 7.39. The van der Waals surface area contributed by atoms with E-state index in [-0.39, 0.29) is 11.4 Å². The van der Waals surface area contributed by atoms with E-state index in [1.54, 1.807) is 36.4 Å². The van der Waals surface area contributed by atoms with Crippen molar-refractivity contribution in [1.29, 1.82) is 0 Å². The van der Waals surface area contributed by atoms with Gasteiger partial charge < -0.3 is 10.1 Å². The Bertz CT molecular complexity index is 1100. The van der Waals surface area contributed by atoms with Gasteiger partial charge in [0.2, 0.25) is 0 Å². The SMILES string of the molecule is C[C@H](OC(=O)/C(=C/c1ccc(Cl)cc1)c1ccc(F)cc1)C(=O)Nc1ccc(Cl)cn1. The Morgan fingerprint density at radius 1 is 1.00 bits per heavy atom. The van der Waals surface area contributed by atoms with E-state index in [0.29, 0.717) is 21.2 Å². The lowest BCUT2D eigenvalue weighted by Crippen LogP contribution is -2.30. The summed E-state index contributed by atoms with van der Waals surface area (Å²) >= 11 is 11.7. The molecule has 0 aliphatic carbocycles. The molecule has 0 radical (unpaired) electrons. The number of benzene rings is 2. The van der Waals surface area contributed by atoms with Gasteiger partial charge >= 0.3 is 5.97 Å². The Balaban J connectivity index is 1.80. The number of halogens is 3. The third-order valence-electron chi connectivity index (χ3n) is 4.19. The first kappa shape index (κ1) is 22.5. The van der Waals surface area contributed by atoms with E-state index in [4.69, 9.17) is 27.9 Å². The number of esters is 1. The lowest BCUT2D eigenvalue weighted by molar-refractivity contribution is -0.147. The Hall–Kier alpha value is -3.22. The molecular weight excluding hydrogens is 442 g/mol. The molecule has 1 heterocycles. The van der Waals surface area contributed by atoms with Crippen LogP contribution in [0, 0.1) is 5.82 Å². The number of ether oxygens (including phenoxy) is 1. The maximum absolute atomic E-state index is 13.4. The molecule has 0 spiro atoms. The average Bonchev–Trinajstić information content (AvgIpc) is 2.75. The zero-order chi connectivity index (χ0) is 22.4. The van der Waals surface area contributed by atoms with E-state index in [0.717, 1.165) is 0 Å². The highest BCUT2D eigenvalue weighted by Crippen LogP contribution is 2.22. The Labute approximate surface area is 188 Å². The van der Waals surface area contributed by atoms with E-state index in [9.17, 15) is 14.0 Å². The van der Waals surface area contributed by atoms with Crippen LogP contribution in [-0.4, -0.2) is 23.0 Å². The van der Waals surface area contributed by atoms with Crippen molar-refractivity contribution in [1.82, 2.24) is 4.98 Å². The highest BCUT2D eigenvalue weighted by Gasteiger charge is 2.22. The Kier molecular flexibility index (Phi) is 7.39. The van der Waals surface area contributed by atoms with Gasteiger partial charge in [0.25, 0.3) is 5.91 Å². The minimum absolute atomic E-state index is 0.159. The van der Waals surface area contributed by atoms with Crippen LogP contribution < -0.4 is 5.32 Å². The number of nitrogens with zero attached hydrogens (tertiary/aromatic N) is 1. The van der Waals surface area contributed by atoms with Crippen molar-refractivity contribution in [2.75, 3.05) is 5.32 Å². The Morgan fingerprint density at radius 3 is 2.26 bits per heavy atom. The molecule has 5 nitrogen and oxygen atoms in total. The van der Waals surface area contributed by atoms with Gasteiger partial charge in [0, 0.05) is 11.2 Å². The maximum Gasteiger partial charge on any atom is 0.339 e. The lowest BCUT2D eigenvalue weighted by Gasteiger charge is -2.15. The first-order valence-corrected chi connectivity index (χ1v) is 9.94. The minimum Gasteiger partial charge on any atom is -0.449 e. The van der Waals surface area contributed by atoms with Gasteiger partial charge in [-0.3, -0.25) is 4.79 Å². The minimum atomic E-state index is -1.11. The van der Waals surface area contributed by atoms with Gasteiger partial charge in [-0.15, -0.1) is 0 Å². The number of amides is 1. The smallest absolute Gasteiger partial charge is 0.339 e. The monoisotopic (exact) mass is 458 g/mol. The van der Waals surface area contributed by atoms with Crippen LogP contribution in [0.15, 0.2) is 66.9 Å². The molecule has 1 aromatic heterocycles. The second kappa shape index (κ2) is 10.2. The van der Waals surface area contributed by atoms with Crippen LogP contribution in [0.5, 0.6) is 0 Å². The molecule has 1 amide bonds. The van der Waals surface area contributed by atoms with E-state index >= 15 is 0 Å². The zero-order valence-electron chi connectivity index (χ0n) is 16.3. The summed E-state index contributed by atoms with van der Waals surface area (Å²) in [6.07, 6.45) is 1.85. The van der Waals surface area contributed by atoms with Crippen LogP contribution in [0.4, 0.5) is 10.2 Å². The predicted octanol–water partition coefficient (Wildman–Crippen LogP) is 5.64. The summed E-state index contributed by atoms with van der Waals surface area (Å²) in [7, 11) is 0. The standard InChI is InChI=1S/C23H17Cl2FN2O3/c1-14(22(29)28-21-11-8-18(25)13-27-21)31-23(30)20(16-4-9-19(26)10-5-16)12-15-2-6-17(24)7-3-15/h2-14H,1H3,(H,27,28,29)/b20-12+/t14-/m0/s1. The topological polar surface area (TPSA) is 68.3 Å². The van der Waals surface area contributed by atoms with Gasteiger partial charge in [0.05, 0.1) is 10.6 Å². The summed E-state index contributed by atoms with van der Waals surface area (Å²) in [5.74, 6) is -1.47. The van der Waals surface area contributed by atoms with Gasteiger partial charge in [-0.1, -0.05) is 47.5 Å². The second-order valence-electron chi connectivity index (χ2n) is 6.51. The molecule has 0 aliphatic rings. The summed E-state index contributed by atoms with van der Waals surface area (Å²) in [6, 6.07) is 15.3. The van der Waals surface area contributed by atoms with E-state index in [1.807, 2.05) is 0 Å².